The Morgan fingerprint density at radius 2 is 2.11 bits per heavy atom. The molecule has 0 saturated carbocycles. The molecule has 0 unspecified atom stereocenters. The average molecular weight is 240 g/mol. The Morgan fingerprint density at radius 3 is 2.83 bits per heavy atom. The standard InChI is InChI=1S/C14H12N2O2/c1-9-11(8-17)16-13(15-9)7-6-10-4-3-5-12(18-2)14(10)16/h3-8H,1-2H3. The van der Waals surface area contributed by atoms with Gasteiger partial charge >= 0.3 is 0 Å². The molecule has 0 atom stereocenters. The van der Waals surface area contributed by atoms with Gasteiger partial charge in [0.15, 0.2) is 6.29 Å². The lowest BCUT2D eigenvalue weighted by Crippen LogP contribution is -1.97. The summed E-state index contributed by atoms with van der Waals surface area (Å²) < 4.78 is 7.22. The number of methoxy groups -OCH3 is 1. The Hall–Kier alpha value is -2.36. The van der Waals surface area contributed by atoms with Crippen molar-refractivity contribution in [1.82, 2.24) is 9.38 Å². The Kier molecular flexibility index (Phi) is 2.30. The van der Waals surface area contributed by atoms with Crippen LogP contribution in [0.1, 0.15) is 16.2 Å². The van der Waals surface area contributed by atoms with Gasteiger partial charge in [-0.15, -0.1) is 0 Å². The third-order valence-corrected chi connectivity index (χ3v) is 3.12. The zero-order chi connectivity index (χ0) is 12.7. The summed E-state index contributed by atoms with van der Waals surface area (Å²) in [5.74, 6) is 0.735. The number of aromatic nitrogens is 2. The molecule has 90 valence electrons. The van der Waals surface area contributed by atoms with Crippen LogP contribution in [0.3, 0.4) is 0 Å². The molecule has 0 N–H and O–H groups in total. The van der Waals surface area contributed by atoms with Crippen molar-refractivity contribution in [3.63, 3.8) is 0 Å². The minimum Gasteiger partial charge on any atom is -0.495 e. The van der Waals surface area contributed by atoms with Crippen molar-refractivity contribution in [2.45, 2.75) is 6.92 Å². The fourth-order valence-corrected chi connectivity index (χ4v) is 2.29. The van der Waals surface area contributed by atoms with Crippen molar-refractivity contribution in [3.8, 4) is 5.75 Å². The third kappa shape index (κ3) is 1.32. The number of benzene rings is 1. The minimum atomic E-state index is 0.570. The van der Waals surface area contributed by atoms with E-state index in [0.29, 0.717) is 5.69 Å². The van der Waals surface area contributed by atoms with Gasteiger partial charge in [0.1, 0.15) is 17.1 Å². The highest BCUT2D eigenvalue weighted by atomic mass is 16.5. The van der Waals surface area contributed by atoms with E-state index in [2.05, 4.69) is 4.98 Å². The molecule has 0 radical (unpaired) electrons. The van der Waals surface area contributed by atoms with Crippen LogP contribution >= 0.6 is 0 Å². The highest BCUT2D eigenvalue weighted by Crippen LogP contribution is 2.28. The second-order valence-corrected chi connectivity index (χ2v) is 4.13. The molecule has 4 heteroatoms. The minimum absolute atomic E-state index is 0.570. The van der Waals surface area contributed by atoms with Crippen molar-refractivity contribution in [3.05, 3.63) is 41.7 Å². The Balaban J connectivity index is 2.61. The Labute approximate surface area is 104 Å². The van der Waals surface area contributed by atoms with E-state index in [4.69, 9.17) is 4.74 Å². The van der Waals surface area contributed by atoms with Crippen LogP contribution in [0.2, 0.25) is 0 Å². The summed E-state index contributed by atoms with van der Waals surface area (Å²) in [6, 6.07) is 9.68. The van der Waals surface area contributed by atoms with E-state index in [1.165, 1.54) is 0 Å². The van der Waals surface area contributed by atoms with Crippen molar-refractivity contribution < 1.29 is 9.53 Å². The number of aryl methyl sites for hydroxylation is 1. The molecule has 3 aromatic rings. The quantitative estimate of drug-likeness (QED) is 0.647. The highest BCUT2D eigenvalue weighted by molar-refractivity contribution is 5.90. The van der Waals surface area contributed by atoms with E-state index in [-0.39, 0.29) is 0 Å². The summed E-state index contributed by atoms with van der Waals surface area (Å²) >= 11 is 0. The van der Waals surface area contributed by atoms with Gasteiger partial charge in [-0.05, 0) is 25.1 Å². The summed E-state index contributed by atoms with van der Waals surface area (Å²) in [5, 5.41) is 1.02. The van der Waals surface area contributed by atoms with Crippen LogP contribution in [-0.4, -0.2) is 22.8 Å². The normalized spacial score (nSPS) is 11.0. The number of nitrogens with zero attached hydrogens (tertiary/aromatic N) is 2. The summed E-state index contributed by atoms with van der Waals surface area (Å²) in [4.78, 5) is 15.6. The van der Waals surface area contributed by atoms with Crippen LogP contribution in [-0.2, 0) is 0 Å². The molecule has 2 aromatic heterocycles. The molecule has 3 rings (SSSR count). The molecule has 2 heterocycles. The SMILES string of the molecule is COc1cccc2ccc3nc(C)c(C=O)n3c12. The number of carbonyl (C=O) groups excluding carboxylic acids is 1. The molecule has 0 fully saturated rings. The maximum absolute atomic E-state index is 11.2. The van der Waals surface area contributed by atoms with Gasteiger partial charge in [-0.2, -0.15) is 0 Å². The van der Waals surface area contributed by atoms with Crippen LogP contribution in [0.15, 0.2) is 30.3 Å². The number of aldehydes is 1. The van der Waals surface area contributed by atoms with Gasteiger partial charge in [-0.3, -0.25) is 9.20 Å². The maximum atomic E-state index is 11.2. The van der Waals surface area contributed by atoms with Crippen LogP contribution < -0.4 is 4.74 Å². The second-order valence-electron chi connectivity index (χ2n) is 4.13. The number of imidazole rings is 1. The molecule has 0 amide bonds. The van der Waals surface area contributed by atoms with E-state index in [1.807, 2.05) is 41.7 Å². The molecular weight excluding hydrogens is 228 g/mol. The van der Waals surface area contributed by atoms with Crippen molar-refractivity contribution in [2.75, 3.05) is 7.11 Å². The molecule has 0 aliphatic carbocycles. The van der Waals surface area contributed by atoms with Gasteiger partial charge in [0.25, 0.3) is 0 Å². The lowest BCUT2D eigenvalue weighted by molar-refractivity contribution is 0.111. The second kappa shape index (κ2) is 3.84. The molecule has 0 aliphatic heterocycles. The van der Waals surface area contributed by atoms with Gasteiger partial charge in [-0.25, -0.2) is 4.98 Å². The Morgan fingerprint density at radius 1 is 1.28 bits per heavy atom. The number of hydrogen-bond donors (Lipinski definition) is 0. The molecule has 0 saturated heterocycles. The zero-order valence-electron chi connectivity index (χ0n) is 10.2. The summed E-state index contributed by atoms with van der Waals surface area (Å²) in [7, 11) is 1.62. The lowest BCUT2D eigenvalue weighted by atomic mass is 10.2. The van der Waals surface area contributed by atoms with E-state index in [1.54, 1.807) is 7.11 Å². The van der Waals surface area contributed by atoms with Gasteiger partial charge in [0.05, 0.1) is 18.3 Å². The fourth-order valence-electron chi connectivity index (χ4n) is 2.29. The van der Waals surface area contributed by atoms with Crippen LogP contribution in [0.5, 0.6) is 5.75 Å². The smallest absolute Gasteiger partial charge is 0.168 e. The first-order valence-electron chi connectivity index (χ1n) is 5.66. The lowest BCUT2D eigenvalue weighted by Gasteiger charge is -2.08. The summed E-state index contributed by atoms with van der Waals surface area (Å²) in [6.07, 6.45) is 0.835. The maximum Gasteiger partial charge on any atom is 0.168 e. The third-order valence-electron chi connectivity index (χ3n) is 3.12. The molecular formula is C14H12N2O2. The van der Waals surface area contributed by atoms with Crippen molar-refractivity contribution in [1.29, 1.82) is 0 Å². The van der Waals surface area contributed by atoms with Crippen LogP contribution in [0.4, 0.5) is 0 Å². The summed E-state index contributed by atoms with van der Waals surface area (Å²) in [6.45, 7) is 1.83. The molecule has 18 heavy (non-hydrogen) atoms. The molecule has 0 spiro atoms. The van der Waals surface area contributed by atoms with E-state index in [0.717, 1.165) is 34.3 Å². The van der Waals surface area contributed by atoms with E-state index < -0.39 is 0 Å². The van der Waals surface area contributed by atoms with Gasteiger partial charge in [0.2, 0.25) is 0 Å². The van der Waals surface area contributed by atoms with Gasteiger partial charge in [0, 0.05) is 5.39 Å². The number of carbonyl (C=O) groups is 1. The monoisotopic (exact) mass is 240 g/mol. The van der Waals surface area contributed by atoms with Crippen molar-refractivity contribution in [2.24, 2.45) is 0 Å². The predicted molar refractivity (Wildman–Crippen MR) is 69.4 cm³/mol. The first-order chi connectivity index (χ1) is 8.76. The average Bonchev–Trinajstić information content (AvgIpc) is 2.73. The van der Waals surface area contributed by atoms with Crippen LogP contribution in [0, 0.1) is 6.92 Å². The number of para-hydroxylation sites is 1. The van der Waals surface area contributed by atoms with Crippen LogP contribution in [0.25, 0.3) is 16.6 Å². The van der Waals surface area contributed by atoms with E-state index in [9.17, 15) is 4.79 Å². The molecule has 1 aromatic carbocycles. The zero-order valence-corrected chi connectivity index (χ0v) is 10.2. The summed E-state index contributed by atoms with van der Waals surface area (Å²) in [5.41, 5.74) is 2.93. The van der Waals surface area contributed by atoms with E-state index >= 15 is 0 Å². The van der Waals surface area contributed by atoms with Gasteiger partial charge in [-0.1, -0.05) is 12.1 Å². The number of pyridine rings is 1. The molecule has 4 nitrogen and oxygen atoms in total. The highest BCUT2D eigenvalue weighted by Gasteiger charge is 2.13. The molecule has 0 bridgehead atoms. The molecule has 0 aliphatic rings. The number of hydrogen-bond acceptors (Lipinski definition) is 3. The fraction of sp³-hybridized carbons (Fsp3) is 0.143. The number of ether oxygens (including phenoxy) is 1. The van der Waals surface area contributed by atoms with Gasteiger partial charge < -0.3 is 4.74 Å². The van der Waals surface area contributed by atoms with Crippen molar-refractivity contribution >= 4 is 22.8 Å². The largest absolute Gasteiger partial charge is 0.495 e. The number of rotatable bonds is 2. The first kappa shape index (κ1) is 10.8. The predicted octanol–water partition coefficient (Wildman–Crippen LogP) is 2.62. The first-order valence-corrected chi connectivity index (χ1v) is 5.66. The number of fused-ring (bicyclic) bond motifs is 3. The topological polar surface area (TPSA) is 43.6 Å². The Bertz CT molecular complexity index is 759.